The van der Waals surface area contributed by atoms with Crippen molar-refractivity contribution in [1.82, 2.24) is 4.90 Å². The Balaban J connectivity index is 2.12. The number of hydrogen-bond donors (Lipinski definition) is 2. The molecule has 2 aliphatic heterocycles. The Hall–Kier alpha value is -2.03. The minimum absolute atomic E-state index is 0.178. The topological polar surface area (TPSA) is 121 Å². The Morgan fingerprint density at radius 3 is 2.62 bits per heavy atom. The van der Waals surface area contributed by atoms with Crippen LogP contribution in [0.3, 0.4) is 0 Å². The largest absolute Gasteiger partial charge is 0.481 e. The molecular weight excluding hydrogens is 302 g/mol. The van der Waals surface area contributed by atoms with Crippen molar-refractivity contribution in [2.24, 2.45) is 0 Å². The van der Waals surface area contributed by atoms with E-state index in [9.17, 15) is 19.2 Å². The van der Waals surface area contributed by atoms with Gasteiger partial charge in [0.05, 0.1) is 24.6 Å². The number of rotatable bonds is 5. The molecule has 0 aliphatic carbocycles. The van der Waals surface area contributed by atoms with Crippen LogP contribution in [0.2, 0.25) is 0 Å². The van der Waals surface area contributed by atoms with Crippen LogP contribution in [-0.2, 0) is 23.9 Å². The third-order valence-corrected chi connectivity index (χ3v) is 4.33. The second-order valence-electron chi connectivity index (χ2n) is 4.76. The van der Waals surface area contributed by atoms with Crippen LogP contribution in [0.25, 0.3) is 0 Å². The fraction of sp³-hybridized carbons (Fsp3) is 0.500. The van der Waals surface area contributed by atoms with Gasteiger partial charge in [-0.15, -0.1) is 0 Å². The molecule has 2 atom stereocenters. The van der Waals surface area contributed by atoms with Gasteiger partial charge in [-0.2, -0.15) is 0 Å². The first kappa shape index (κ1) is 15.4. The lowest BCUT2D eigenvalue weighted by Gasteiger charge is -2.47. The minimum atomic E-state index is -1.28. The van der Waals surface area contributed by atoms with Gasteiger partial charge in [-0.1, -0.05) is 11.8 Å². The average Bonchev–Trinajstić information content (AvgIpc) is 2.34. The number of ether oxygens (including phenoxy) is 1. The molecule has 0 saturated carbocycles. The van der Waals surface area contributed by atoms with Crippen LogP contribution < -0.4 is 0 Å². The highest BCUT2D eigenvalue weighted by atomic mass is 32.2. The fourth-order valence-corrected chi connectivity index (χ4v) is 3.52. The van der Waals surface area contributed by atoms with E-state index in [0.29, 0.717) is 0 Å². The van der Waals surface area contributed by atoms with Crippen molar-refractivity contribution in [3.05, 3.63) is 11.8 Å². The summed E-state index contributed by atoms with van der Waals surface area (Å²) >= 11 is 1.15. The molecule has 0 aromatic carbocycles. The van der Waals surface area contributed by atoms with Crippen molar-refractivity contribution in [3.63, 3.8) is 0 Å². The van der Waals surface area contributed by atoms with E-state index in [2.05, 4.69) is 0 Å². The molecule has 21 heavy (non-hydrogen) atoms. The normalized spacial score (nSPS) is 27.3. The molecule has 0 aromatic heterocycles. The summed E-state index contributed by atoms with van der Waals surface area (Å²) in [4.78, 5) is 44.6. The number of fused-ring (bicyclic) bond motifs is 1. The van der Waals surface area contributed by atoms with E-state index >= 15 is 0 Å². The Labute approximate surface area is 123 Å². The second kappa shape index (κ2) is 5.40. The lowest BCUT2D eigenvalue weighted by Crippen LogP contribution is -2.56. The molecule has 1 saturated heterocycles. The second-order valence-corrected chi connectivity index (χ2v) is 6.35. The van der Waals surface area contributed by atoms with Crippen LogP contribution in [0.4, 0.5) is 0 Å². The summed E-state index contributed by atoms with van der Waals surface area (Å²) in [5.41, 5.74) is -0.219. The first-order valence-electron chi connectivity index (χ1n) is 6.11. The van der Waals surface area contributed by atoms with Gasteiger partial charge >= 0.3 is 17.9 Å². The fourth-order valence-electron chi connectivity index (χ4n) is 2.10. The number of carbonyl (C=O) groups is 4. The van der Waals surface area contributed by atoms with Gasteiger partial charge in [0.1, 0.15) is 5.70 Å². The first-order valence-corrected chi connectivity index (χ1v) is 6.99. The number of esters is 1. The van der Waals surface area contributed by atoms with Crippen molar-refractivity contribution < 1.29 is 34.1 Å². The summed E-state index contributed by atoms with van der Waals surface area (Å²) in [6.45, 7) is 1.51. The zero-order valence-corrected chi connectivity index (χ0v) is 11.9. The Bertz CT molecular complexity index is 558. The maximum absolute atomic E-state index is 11.6. The smallest absolute Gasteiger partial charge is 0.352 e. The van der Waals surface area contributed by atoms with Crippen molar-refractivity contribution in [2.45, 2.75) is 36.5 Å². The molecule has 2 aliphatic rings. The highest BCUT2D eigenvalue weighted by molar-refractivity contribution is 8.01. The standard InChI is InChI=1S/C12H13NO7S/c1-12(20-10(17)3-2-9(15)16)5-6(11(18)19)13-7(14)4-8(13)21-12/h5,8H,2-4H2,1H3,(H,15,16)(H,18,19)/t8-,12?/m1/s1. The molecule has 0 bridgehead atoms. The van der Waals surface area contributed by atoms with Crippen LogP contribution in [-0.4, -0.2) is 49.2 Å². The monoisotopic (exact) mass is 315 g/mol. The van der Waals surface area contributed by atoms with Gasteiger partial charge in [0.25, 0.3) is 0 Å². The van der Waals surface area contributed by atoms with Crippen molar-refractivity contribution in [2.75, 3.05) is 0 Å². The SMILES string of the molecule is CC1(OC(=O)CCC(=O)O)C=C(C(=O)O)N2C(=O)C[C@H]2S1. The predicted octanol–water partition coefficient (Wildman–Crippen LogP) is 0.384. The molecule has 2 rings (SSSR count). The number of carbonyl (C=O) groups excluding carboxylic acids is 2. The average molecular weight is 315 g/mol. The molecule has 1 unspecified atom stereocenters. The van der Waals surface area contributed by atoms with E-state index in [1.807, 2.05) is 0 Å². The summed E-state index contributed by atoms with van der Waals surface area (Å²) in [6, 6.07) is 0. The molecule has 0 aromatic rings. The van der Waals surface area contributed by atoms with Crippen LogP contribution in [0.15, 0.2) is 11.8 Å². The van der Waals surface area contributed by atoms with E-state index in [-0.39, 0.29) is 36.2 Å². The maximum Gasteiger partial charge on any atom is 0.352 e. The lowest BCUT2D eigenvalue weighted by atomic mass is 10.1. The van der Waals surface area contributed by atoms with Gasteiger partial charge in [-0.25, -0.2) is 4.79 Å². The summed E-state index contributed by atoms with van der Waals surface area (Å²) in [5.74, 6) is -3.42. The van der Waals surface area contributed by atoms with E-state index in [0.717, 1.165) is 16.7 Å². The van der Waals surface area contributed by atoms with Crippen molar-refractivity contribution >= 4 is 35.6 Å². The van der Waals surface area contributed by atoms with E-state index in [1.54, 1.807) is 0 Å². The highest BCUT2D eigenvalue weighted by Crippen LogP contribution is 2.46. The molecule has 2 heterocycles. The van der Waals surface area contributed by atoms with Gasteiger partial charge in [-0.3, -0.25) is 19.3 Å². The minimum Gasteiger partial charge on any atom is -0.481 e. The maximum atomic E-state index is 11.6. The molecule has 2 N–H and O–H groups in total. The lowest BCUT2D eigenvalue weighted by molar-refractivity contribution is -0.152. The number of β-lactam (4-membered cyclic amide) rings is 1. The Morgan fingerprint density at radius 1 is 1.43 bits per heavy atom. The number of aliphatic carboxylic acids is 2. The quantitative estimate of drug-likeness (QED) is 0.552. The number of carboxylic acid groups (broad SMARTS) is 2. The van der Waals surface area contributed by atoms with Crippen molar-refractivity contribution in [1.29, 1.82) is 0 Å². The van der Waals surface area contributed by atoms with E-state index < -0.39 is 22.8 Å². The summed E-state index contributed by atoms with van der Waals surface area (Å²) in [5, 5.41) is 17.3. The van der Waals surface area contributed by atoms with Gasteiger partial charge in [0, 0.05) is 6.08 Å². The molecule has 0 radical (unpaired) electrons. The van der Waals surface area contributed by atoms with Gasteiger partial charge < -0.3 is 14.9 Å². The third-order valence-electron chi connectivity index (χ3n) is 3.01. The van der Waals surface area contributed by atoms with Gasteiger partial charge in [-0.05, 0) is 6.92 Å². The third kappa shape index (κ3) is 3.18. The zero-order chi connectivity index (χ0) is 15.8. The van der Waals surface area contributed by atoms with E-state index in [1.165, 1.54) is 13.0 Å². The molecule has 1 fully saturated rings. The summed E-state index contributed by atoms with van der Waals surface area (Å²) in [6.07, 6.45) is 0.724. The number of thioether (sulfide) groups is 1. The number of carboxylic acids is 2. The first-order chi connectivity index (χ1) is 9.72. The Kier molecular flexibility index (Phi) is 3.95. The van der Waals surface area contributed by atoms with Crippen molar-refractivity contribution in [3.8, 4) is 0 Å². The predicted molar refractivity (Wildman–Crippen MR) is 69.9 cm³/mol. The summed E-state index contributed by atoms with van der Waals surface area (Å²) in [7, 11) is 0. The van der Waals surface area contributed by atoms with Gasteiger partial charge in [0.15, 0.2) is 4.93 Å². The molecular formula is C12H13NO7S. The number of nitrogens with zero attached hydrogens (tertiary/aromatic N) is 1. The van der Waals surface area contributed by atoms with Crippen LogP contribution in [0.5, 0.6) is 0 Å². The summed E-state index contributed by atoms with van der Waals surface area (Å²) < 4.78 is 5.18. The molecule has 0 spiro atoms. The highest BCUT2D eigenvalue weighted by Gasteiger charge is 2.50. The number of amides is 1. The zero-order valence-electron chi connectivity index (χ0n) is 11.1. The number of hydrogen-bond acceptors (Lipinski definition) is 6. The van der Waals surface area contributed by atoms with Gasteiger partial charge in [0.2, 0.25) is 5.91 Å². The van der Waals surface area contributed by atoms with Crippen LogP contribution >= 0.6 is 11.8 Å². The molecule has 114 valence electrons. The molecule has 8 nitrogen and oxygen atoms in total. The molecule has 9 heteroatoms. The van der Waals surface area contributed by atoms with E-state index in [4.69, 9.17) is 14.9 Å². The Morgan fingerprint density at radius 2 is 2.10 bits per heavy atom. The van der Waals surface area contributed by atoms with Crippen LogP contribution in [0.1, 0.15) is 26.2 Å². The van der Waals surface area contributed by atoms with Crippen LogP contribution in [0, 0.1) is 0 Å². The molecule has 1 amide bonds.